The minimum absolute atomic E-state index is 0.154. The van der Waals surface area contributed by atoms with Gasteiger partial charge in [0.25, 0.3) is 23.6 Å². The SMILES string of the molecule is CN1CCN(Cc2cccc(C(=O)Nc3nn(C(=O)OC(C)(C)C)c4sc(C(=O)NN(C)c5ccc(Cl)cc5)cc34)c2)CC1.CN1CCN(Cc2cccc(C(=O)Nc3nn(C(=O)OC(C)(C)C)c4sc(C(=O)NN(C)c5ccccc5)cc34)c2)CC1. The lowest BCUT2D eigenvalue weighted by atomic mass is 10.1. The second-order valence-electron chi connectivity index (χ2n) is 23.4. The number of carbonyl (C=O) groups is 6. The lowest BCUT2D eigenvalue weighted by Crippen LogP contribution is -2.43. The molecule has 0 saturated carbocycles. The Labute approximate surface area is 518 Å². The summed E-state index contributed by atoms with van der Waals surface area (Å²) in [5.41, 5.74) is 8.67. The highest BCUT2D eigenvalue weighted by Crippen LogP contribution is 2.35. The molecular formula is C62H73ClN14O8S2. The number of amides is 4. The molecule has 2 fully saturated rings. The zero-order chi connectivity index (χ0) is 62.3. The molecule has 2 aliphatic rings. The first-order valence-electron chi connectivity index (χ1n) is 28.4. The standard InChI is InChI=1S/C31H36ClN7O4S.C31H37N7O4S/c1-31(2,3)43-30(42)39-29-24(18-25(44-29)28(41)35-37(5)23-11-9-22(32)10-12-23)26(34-39)33-27(40)21-8-6-7-20(17-21)19-38-15-13-36(4)14-16-38;1-31(2,3)42-30(41)38-29-24(19-25(43-29)28(40)34-36(5)23-12-7-6-8-13-23)26(33-38)32-27(39)22-11-9-10-21(18-22)20-37-16-14-35(4)15-17-37/h6-12,17-18H,13-16,19H2,1-5H3,(H,35,41)(H,33,34,40);6-13,18-19H,14-17,20H2,1-5H3,(H,34,40)(H,32,33,39). The largest absolute Gasteiger partial charge is 0.442 e. The van der Waals surface area contributed by atoms with Crippen molar-refractivity contribution >= 4 is 114 Å². The molecule has 0 unspecified atom stereocenters. The van der Waals surface area contributed by atoms with Gasteiger partial charge in [-0.3, -0.25) is 49.8 Å². The fourth-order valence-corrected chi connectivity index (χ4v) is 11.6. The normalized spacial score (nSPS) is 14.4. The summed E-state index contributed by atoms with van der Waals surface area (Å²) in [4.78, 5) is 90.3. The maximum atomic E-state index is 13.4. The number of nitrogens with one attached hydrogen (secondary N) is 4. The number of likely N-dealkylation sites (N-methyl/N-ethyl adjacent to an activating group) is 2. The van der Waals surface area contributed by atoms with Gasteiger partial charge in [0, 0.05) is 95.7 Å². The van der Waals surface area contributed by atoms with E-state index in [0.29, 0.717) is 46.3 Å². The summed E-state index contributed by atoms with van der Waals surface area (Å²) >= 11 is 8.15. The van der Waals surface area contributed by atoms with E-state index in [4.69, 9.17) is 21.1 Å². The molecule has 4 aromatic heterocycles. The molecule has 4 amide bonds. The van der Waals surface area contributed by atoms with E-state index in [0.717, 1.165) is 120 Å². The van der Waals surface area contributed by atoms with Gasteiger partial charge in [-0.2, -0.15) is 9.36 Å². The number of hydrazine groups is 2. The van der Waals surface area contributed by atoms with Crippen LogP contribution in [0.3, 0.4) is 0 Å². The molecule has 4 aromatic carbocycles. The quantitative estimate of drug-likeness (QED) is 0.0743. The lowest BCUT2D eigenvalue weighted by Gasteiger charge is -2.32. The third-order valence-electron chi connectivity index (χ3n) is 14.0. The van der Waals surface area contributed by atoms with Gasteiger partial charge in [0.1, 0.15) is 20.9 Å². The van der Waals surface area contributed by atoms with Crippen molar-refractivity contribution in [2.75, 3.05) is 101 Å². The van der Waals surface area contributed by atoms with Gasteiger partial charge in [0.2, 0.25) is 0 Å². The number of fused-ring (bicyclic) bond motifs is 2. The molecule has 87 heavy (non-hydrogen) atoms. The summed E-state index contributed by atoms with van der Waals surface area (Å²) in [5.74, 6) is -1.17. The van der Waals surface area contributed by atoms with Crippen molar-refractivity contribution in [3.8, 4) is 0 Å². The first-order valence-corrected chi connectivity index (χ1v) is 30.4. The maximum absolute atomic E-state index is 13.4. The van der Waals surface area contributed by atoms with Gasteiger partial charge in [-0.1, -0.05) is 54.1 Å². The number of carbonyl (C=O) groups excluding carboxylic acids is 6. The summed E-state index contributed by atoms with van der Waals surface area (Å²) in [5, 5.41) is 19.2. The topological polar surface area (TPSA) is 224 Å². The molecule has 0 atom stereocenters. The predicted molar refractivity (Wildman–Crippen MR) is 342 cm³/mol. The van der Waals surface area contributed by atoms with Crippen LogP contribution < -0.4 is 31.5 Å². The number of hydrogen-bond donors (Lipinski definition) is 4. The van der Waals surface area contributed by atoms with Crippen LogP contribution in [0.25, 0.3) is 20.4 Å². The van der Waals surface area contributed by atoms with Crippen molar-refractivity contribution in [1.82, 2.24) is 50.0 Å². The summed E-state index contributed by atoms with van der Waals surface area (Å²) < 4.78 is 13.3. The monoisotopic (exact) mass is 1240 g/mol. The molecule has 0 radical (unpaired) electrons. The molecule has 4 N–H and O–H groups in total. The zero-order valence-corrected chi connectivity index (χ0v) is 52.9. The molecule has 458 valence electrons. The molecule has 0 aliphatic carbocycles. The van der Waals surface area contributed by atoms with E-state index in [1.54, 1.807) is 114 Å². The third kappa shape index (κ3) is 16.6. The van der Waals surface area contributed by atoms with E-state index in [9.17, 15) is 28.8 Å². The highest BCUT2D eigenvalue weighted by molar-refractivity contribution is 7.21. The fourth-order valence-electron chi connectivity index (χ4n) is 9.45. The molecule has 8 aromatic rings. The fraction of sp³-hybridized carbons (Fsp3) is 0.355. The first-order chi connectivity index (χ1) is 41.3. The Balaban J connectivity index is 0.000000208. The lowest BCUT2D eigenvalue weighted by molar-refractivity contribution is 0.0513. The molecular weight excluding hydrogens is 1170 g/mol. The molecule has 2 aliphatic heterocycles. The van der Waals surface area contributed by atoms with Gasteiger partial charge < -0.3 is 29.9 Å². The van der Waals surface area contributed by atoms with Crippen LogP contribution >= 0.6 is 34.3 Å². The average molecular weight is 1240 g/mol. The Kier molecular flexibility index (Phi) is 19.8. The number of rotatable bonds is 14. The van der Waals surface area contributed by atoms with Crippen LogP contribution in [0, 0.1) is 0 Å². The molecule has 25 heteroatoms. The van der Waals surface area contributed by atoms with Crippen molar-refractivity contribution in [3.63, 3.8) is 0 Å². The highest BCUT2D eigenvalue weighted by Gasteiger charge is 2.29. The second kappa shape index (κ2) is 27.2. The van der Waals surface area contributed by atoms with Gasteiger partial charge in [0.05, 0.1) is 31.9 Å². The third-order valence-corrected chi connectivity index (χ3v) is 16.5. The van der Waals surface area contributed by atoms with E-state index in [1.807, 2.05) is 66.7 Å². The Morgan fingerprint density at radius 2 is 0.908 bits per heavy atom. The number of anilines is 4. The van der Waals surface area contributed by atoms with Crippen LogP contribution in [-0.4, -0.2) is 167 Å². The smallest absolute Gasteiger partial charge is 0.436 e. The zero-order valence-electron chi connectivity index (χ0n) is 50.5. The molecule has 22 nitrogen and oxygen atoms in total. The number of aromatic nitrogens is 4. The van der Waals surface area contributed by atoms with Crippen LogP contribution in [0.15, 0.2) is 115 Å². The Hall–Kier alpha value is -8.23. The second-order valence-corrected chi connectivity index (χ2v) is 25.9. The van der Waals surface area contributed by atoms with Gasteiger partial charge in [-0.05, 0) is 140 Å². The van der Waals surface area contributed by atoms with E-state index in [-0.39, 0.29) is 29.4 Å². The number of para-hydroxylation sites is 1. The van der Waals surface area contributed by atoms with Crippen LogP contribution in [0.2, 0.25) is 5.02 Å². The van der Waals surface area contributed by atoms with Gasteiger partial charge >= 0.3 is 12.2 Å². The Morgan fingerprint density at radius 1 is 0.517 bits per heavy atom. The van der Waals surface area contributed by atoms with Gasteiger partial charge in [-0.25, -0.2) is 9.59 Å². The molecule has 10 rings (SSSR count). The minimum Gasteiger partial charge on any atom is -0.442 e. The minimum atomic E-state index is -0.776. The van der Waals surface area contributed by atoms with Crippen LogP contribution in [0.5, 0.6) is 0 Å². The average Bonchev–Trinajstić information content (AvgIpc) is 1.69. The van der Waals surface area contributed by atoms with E-state index in [1.165, 1.54) is 0 Å². The predicted octanol–water partition coefficient (Wildman–Crippen LogP) is 9.98. The first kappa shape index (κ1) is 63.3. The number of ether oxygens (including phenoxy) is 2. The number of nitrogens with zero attached hydrogens (tertiary/aromatic N) is 10. The summed E-state index contributed by atoms with van der Waals surface area (Å²) in [6.45, 7) is 20.0. The molecule has 0 spiro atoms. The maximum Gasteiger partial charge on any atom is 0.436 e. The van der Waals surface area contributed by atoms with Crippen molar-refractivity contribution in [1.29, 1.82) is 0 Å². The Bertz CT molecular complexity index is 3780. The van der Waals surface area contributed by atoms with Crippen molar-refractivity contribution in [2.24, 2.45) is 0 Å². The summed E-state index contributed by atoms with van der Waals surface area (Å²) in [6, 6.07) is 34.6. The number of hydrogen-bond acceptors (Lipinski definition) is 18. The Morgan fingerprint density at radius 3 is 1.30 bits per heavy atom. The van der Waals surface area contributed by atoms with Gasteiger partial charge in [-0.15, -0.1) is 32.9 Å². The number of thiophene rings is 2. The number of benzene rings is 4. The van der Waals surface area contributed by atoms with Crippen molar-refractivity contribution in [2.45, 2.75) is 65.8 Å². The highest BCUT2D eigenvalue weighted by atomic mass is 35.5. The van der Waals surface area contributed by atoms with Gasteiger partial charge in [0.15, 0.2) is 11.6 Å². The van der Waals surface area contributed by atoms with Crippen LogP contribution in [0.1, 0.15) is 92.7 Å². The van der Waals surface area contributed by atoms with Crippen LogP contribution in [0.4, 0.5) is 32.6 Å². The summed E-state index contributed by atoms with van der Waals surface area (Å²) in [7, 11) is 7.69. The van der Waals surface area contributed by atoms with E-state index in [2.05, 4.69) is 65.4 Å². The van der Waals surface area contributed by atoms with E-state index < -0.39 is 29.3 Å². The van der Waals surface area contributed by atoms with Crippen molar-refractivity contribution < 1.29 is 38.2 Å². The molecule has 2 saturated heterocycles. The molecule has 6 heterocycles. The number of halogens is 1. The van der Waals surface area contributed by atoms with E-state index >= 15 is 0 Å². The van der Waals surface area contributed by atoms with Crippen LogP contribution in [-0.2, 0) is 22.6 Å². The molecule has 0 bridgehead atoms. The van der Waals surface area contributed by atoms with Crippen molar-refractivity contribution in [3.05, 3.63) is 152 Å². The number of piperazine rings is 2. The summed E-state index contributed by atoms with van der Waals surface area (Å²) in [6.07, 6.45) is -1.42.